The number of alkyl halides is 3. The molecule has 0 saturated heterocycles. The van der Waals surface area contributed by atoms with Crippen LogP contribution in [-0.4, -0.2) is 36.6 Å². The van der Waals surface area contributed by atoms with Gasteiger partial charge in [0, 0.05) is 5.02 Å². The summed E-state index contributed by atoms with van der Waals surface area (Å²) < 4.78 is 56.3. The molecule has 0 bridgehead atoms. The summed E-state index contributed by atoms with van der Waals surface area (Å²) in [5, 5.41) is 0.482. The third-order valence-electron chi connectivity index (χ3n) is 6.06. The zero-order valence-electron chi connectivity index (χ0n) is 21.9. The zero-order valence-corrected chi connectivity index (χ0v) is 22.6. The lowest BCUT2D eigenvalue weighted by Crippen LogP contribution is -2.45. The van der Waals surface area contributed by atoms with Gasteiger partial charge in [0.05, 0.1) is 18.8 Å². The molecule has 1 heterocycles. The van der Waals surface area contributed by atoms with Crippen molar-refractivity contribution in [2.24, 2.45) is 15.9 Å². The van der Waals surface area contributed by atoms with Gasteiger partial charge >= 0.3 is 6.18 Å². The molecule has 0 amide bonds. The SMILES string of the molecule is CCOC1=N[C@](C)(CCCc2ccc(Oc3cccc(C(F)(F)F)c3)cc2Cl)C(OCC)=N[C@H]1C(C)C. The molecule has 2 aromatic carbocycles. The molecule has 3 rings (SSSR count). The van der Waals surface area contributed by atoms with Gasteiger partial charge in [0.15, 0.2) is 0 Å². The van der Waals surface area contributed by atoms with Crippen molar-refractivity contribution in [2.45, 2.75) is 71.6 Å². The summed E-state index contributed by atoms with van der Waals surface area (Å²) in [4.78, 5) is 9.82. The van der Waals surface area contributed by atoms with Gasteiger partial charge in [0.25, 0.3) is 0 Å². The molecule has 9 heteroatoms. The van der Waals surface area contributed by atoms with Gasteiger partial charge in [-0.05, 0) is 81.8 Å². The molecule has 1 aliphatic heterocycles. The van der Waals surface area contributed by atoms with Gasteiger partial charge in [0.1, 0.15) is 23.1 Å². The number of aliphatic imine (C=N–C) groups is 2. The van der Waals surface area contributed by atoms with Crippen molar-refractivity contribution < 1.29 is 27.4 Å². The number of hydrogen-bond donors (Lipinski definition) is 0. The van der Waals surface area contributed by atoms with Crippen molar-refractivity contribution in [3.05, 3.63) is 58.6 Å². The van der Waals surface area contributed by atoms with E-state index < -0.39 is 17.3 Å². The molecule has 0 aliphatic carbocycles. The number of halogens is 4. The third kappa shape index (κ3) is 7.40. The molecule has 5 nitrogen and oxygen atoms in total. The molecule has 0 N–H and O–H groups in total. The van der Waals surface area contributed by atoms with Crippen LogP contribution >= 0.6 is 11.6 Å². The fourth-order valence-electron chi connectivity index (χ4n) is 4.16. The van der Waals surface area contributed by atoms with Crippen molar-refractivity contribution in [2.75, 3.05) is 13.2 Å². The van der Waals surface area contributed by atoms with Gasteiger partial charge < -0.3 is 14.2 Å². The second-order valence-electron chi connectivity index (χ2n) is 9.45. The number of hydrogen-bond acceptors (Lipinski definition) is 5. The van der Waals surface area contributed by atoms with E-state index >= 15 is 0 Å². The Morgan fingerprint density at radius 3 is 2.35 bits per heavy atom. The van der Waals surface area contributed by atoms with Crippen molar-refractivity contribution >= 4 is 23.4 Å². The van der Waals surface area contributed by atoms with Gasteiger partial charge in [-0.2, -0.15) is 13.2 Å². The Bertz CT molecular complexity index is 1130. The Morgan fingerprint density at radius 1 is 1.03 bits per heavy atom. The number of benzene rings is 2. The fourth-order valence-corrected chi connectivity index (χ4v) is 4.42. The Labute approximate surface area is 221 Å². The minimum atomic E-state index is -4.44. The van der Waals surface area contributed by atoms with E-state index in [1.54, 1.807) is 12.1 Å². The molecular formula is C28H34ClF3N2O3. The molecule has 0 unspecified atom stereocenters. The summed E-state index contributed by atoms with van der Waals surface area (Å²) in [6.07, 6.45) is -2.34. The number of nitrogens with zero attached hydrogens (tertiary/aromatic N) is 2. The Hall–Kier alpha value is -2.74. The van der Waals surface area contributed by atoms with Crippen LogP contribution in [0.5, 0.6) is 11.5 Å². The van der Waals surface area contributed by atoms with Crippen molar-refractivity contribution in [1.82, 2.24) is 0 Å². The molecule has 0 radical (unpaired) electrons. The molecule has 0 spiro atoms. The summed E-state index contributed by atoms with van der Waals surface area (Å²) >= 11 is 6.50. The van der Waals surface area contributed by atoms with E-state index in [0.29, 0.717) is 48.6 Å². The van der Waals surface area contributed by atoms with Crippen LogP contribution in [0.3, 0.4) is 0 Å². The molecule has 1 aliphatic rings. The first-order chi connectivity index (χ1) is 17.5. The van der Waals surface area contributed by atoms with Crippen LogP contribution in [0.4, 0.5) is 13.2 Å². The van der Waals surface area contributed by atoms with Crippen molar-refractivity contribution in [3.8, 4) is 11.5 Å². The van der Waals surface area contributed by atoms with Crippen LogP contribution in [0.2, 0.25) is 5.02 Å². The van der Waals surface area contributed by atoms with Gasteiger partial charge in [-0.1, -0.05) is 37.6 Å². The highest BCUT2D eigenvalue weighted by atomic mass is 35.5. The average molecular weight is 539 g/mol. The molecule has 202 valence electrons. The van der Waals surface area contributed by atoms with E-state index in [9.17, 15) is 13.2 Å². The lowest BCUT2D eigenvalue weighted by atomic mass is 9.91. The van der Waals surface area contributed by atoms with E-state index in [-0.39, 0.29) is 17.7 Å². The van der Waals surface area contributed by atoms with Crippen LogP contribution in [0.1, 0.15) is 58.6 Å². The molecule has 0 fully saturated rings. The molecule has 0 aromatic heterocycles. The first-order valence-corrected chi connectivity index (χ1v) is 12.9. The maximum absolute atomic E-state index is 13.0. The lowest BCUT2D eigenvalue weighted by Gasteiger charge is -2.34. The Morgan fingerprint density at radius 2 is 1.73 bits per heavy atom. The predicted molar refractivity (Wildman–Crippen MR) is 141 cm³/mol. The van der Waals surface area contributed by atoms with Crippen LogP contribution in [0.15, 0.2) is 52.4 Å². The maximum Gasteiger partial charge on any atom is 0.416 e. The molecule has 2 aromatic rings. The average Bonchev–Trinajstić information content (AvgIpc) is 2.82. The quantitative estimate of drug-likeness (QED) is 0.324. The standard InChI is InChI=1S/C28H34ClF3N2O3/c1-6-35-25-24(18(3)4)33-26(36-7-2)27(5,34-25)15-9-10-19-13-14-22(17-23(19)29)37-21-12-8-11-20(16-21)28(30,31)32/h8,11-14,16-18,24H,6-7,9-10,15H2,1-5H3/t24-,27+/m0/s1. The van der Waals surface area contributed by atoms with E-state index in [4.69, 9.17) is 35.8 Å². The van der Waals surface area contributed by atoms with E-state index in [2.05, 4.69) is 13.8 Å². The van der Waals surface area contributed by atoms with Gasteiger partial charge in [-0.3, -0.25) is 0 Å². The number of rotatable bonds is 9. The van der Waals surface area contributed by atoms with Crippen LogP contribution in [0.25, 0.3) is 0 Å². The monoisotopic (exact) mass is 538 g/mol. The summed E-state index contributed by atoms with van der Waals surface area (Å²) in [7, 11) is 0. The third-order valence-corrected chi connectivity index (χ3v) is 6.41. The van der Waals surface area contributed by atoms with Crippen LogP contribution < -0.4 is 4.74 Å². The highest BCUT2D eigenvalue weighted by molar-refractivity contribution is 6.31. The van der Waals surface area contributed by atoms with E-state index in [1.165, 1.54) is 12.1 Å². The number of aryl methyl sites for hydroxylation is 1. The first kappa shape index (κ1) is 28.8. The molecule has 2 atom stereocenters. The molecule has 0 saturated carbocycles. The fraction of sp³-hybridized carbons (Fsp3) is 0.500. The Kier molecular flexibility index (Phi) is 9.51. The predicted octanol–water partition coefficient (Wildman–Crippen LogP) is 8.14. The second-order valence-corrected chi connectivity index (χ2v) is 9.85. The highest BCUT2D eigenvalue weighted by Crippen LogP contribution is 2.34. The van der Waals surface area contributed by atoms with Crippen molar-refractivity contribution in [1.29, 1.82) is 0 Å². The first-order valence-electron chi connectivity index (χ1n) is 12.5. The molecule has 37 heavy (non-hydrogen) atoms. The van der Waals surface area contributed by atoms with Gasteiger partial charge in [-0.15, -0.1) is 0 Å². The highest BCUT2D eigenvalue weighted by Gasteiger charge is 2.39. The summed E-state index contributed by atoms with van der Waals surface area (Å²) in [5.41, 5.74) is -0.513. The minimum absolute atomic E-state index is 0.0919. The second kappa shape index (κ2) is 12.2. The normalized spacial score (nSPS) is 19.9. The van der Waals surface area contributed by atoms with E-state index in [1.807, 2.05) is 26.8 Å². The molecular weight excluding hydrogens is 505 g/mol. The summed E-state index contributed by atoms with van der Waals surface area (Å²) in [6, 6.07) is 9.72. The van der Waals surface area contributed by atoms with Crippen LogP contribution in [0, 0.1) is 5.92 Å². The van der Waals surface area contributed by atoms with Gasteiger partial charge in [0.2, 0.25) is 11.8 Å². The largest absolute Gasteiger partial charge is 0.480 e. The summed E-state index contributed by atoms with van der Waals surface area (Å²) in [6.45, 7) is 11.0. The van der Waals surface area contributed by atoms with Crippen LogP contribution in [-0.2, 0) is 22.1 Å². The number of ether oxygens (including phenoxy) is 3. The maximum atomic E-state index is 13.0. The zero-order chi connectivity index (χ0) is 27.2. The van der Waals surface area contributed by atoms with Crippen molar-refractivity contribution in [3.63, 3.8) is 0 Å². The Balaban J connectivity index is 1.69. The minimum Gasteiger partial charge on any atom is -0.480 e. The lowest BCUT2D eigenvalue weighted by molar-refractivity contribution is -0.137. The topological polar surface area (TPSA) is 52.4 Å². The smallest absolute Gasteiger partial charge is 0.416 e. The summed E-state index contributed by atoms with van der Waals surface area (Å²) in [5.74, 6) is 1.93. The van der Waals surface area contributed by atoms with Gasteiger partial charge in [-0.25, -0.2) is 9.98 Å². The van der Waals surface area contributed by atoms with E-state index in [0.717, 1.165) is 24.1 Å².